The molecule has 1 aliphatic heterocycles. The molecule has 0 radical (unpaired) electrons. The molecule has 0 spiro atoms. The topological polar surface area (TPSA) is 57.7 Å². The van der Waals surface area contributed by atoms with Gasteiger partial charge in [0.2, 0.25) is 5.91 Å². The van der Waals surface area contributed by atoms with Gasteiger partial charge in [-0.3, -0.25) is 9.59 Å². The van der Waals surface area contributed by atoms with Gasteiger partial charge in [-0.1, -0.05) is 53.5 Å². The largest absolute Gasteiger partial charge is 0.339 e. The SMILES string of the molecule is CC(=O)N1C(=O)N(c2cc(Cl)cc(Cl)c2)C(=O)C1(C)Cc1ccccc1. The first kappa shape index (κ1) is 18.4. The van der Waals surface area contributed by atoms with Crippen molar-refractivity contribution < 1.29 is 14.4 Å². The molecule has 5 nitrogen and oxygen atoms in total. The van der Waals surface area contributed by atoms with Crippen molar-refractivity contribution >= 4 is 46.7 Å². The number of hydrogen-bond acceptors (Lipinski definition) is 3. The molecule has 26 heavy (non-hydrogen) atoms. The van der Waals surface area contributed by atoms with Crippen molar-refractivity contribution in [2.75, 3.05) is 4.90 Å². The van der Waals surface area contributed by atoms with Gasteiger partial charge in [-0.05, 0) is 30.7 Å². The van der Waals surface area contributed by atoms with E-state index in [0.717, 1.165) is 15.4 Å². The van der Waals surface area contributed by atoms with Crippen molar-refractivity contribution in [3.8, 4) is 0 Å². The van der Waals surface area contributed by atoms with Gasteiger partial charge < -0.3 is 0 Å². The van der Waals surface area contributed by atoms with Crippen LogP contribution in [0.5, 0.6) is 0 Å². The summed E-state index contributed by atoms with van der Waals surface area (Å²) in [5.41, 5.74) is -0.257. The summed E-state index contributed by atoms with van der Waals surface area (Å²) in [6.07, 6.45) is 0.211. The van der Waals surface area contributed by atoms with Gasteiger partial charge in [0.25, 0.3) is 5.91 Å². The number of imide groups is 2. The zero-order chi connectivity index (χ0) is 19.1. The number of rotatable bonds is 3. The Bertz CT molecular complexity index is 881. The maximum Gasteiger partial charge on any atom is 0.339 e. The Morgan fingerprint density at radius 3 is 2.15 bits per heavy atom. The smallest absolute Gasteiger partial charge is 0.275 e. The van der Waals surface area contributed by atoms with Gasteiger partial charge in [-0.15, -0.1) is 0 Å². The second-order valence-corrected chi connectivity index (χ2v) is 7.21. The maximum atomic E-state index is 13.2. The minimum absolute atomic E-state index is 0.211. The Balaban J connectivity index is 2.08. The van der Waals surface area contributed by atoms with Crippen LogP contribution in [-0.2, 0) is 16.0 Å². The highest BCUT2D eigenvalue weighted by molar-refractivity contribution is 6.36. The lowest BCUT2D eigenvalue weighted by molar-refractivity contribution is -0.135. The molecule has 7 heteroatoms. The summed E-state index contributed by atoms with van der Waals surface area (Å²) in [5, 5.41) is 0.582. The Labute approximate surface area is 161 Å². The highest BCUT2D eigenvalue weighted by atomic mass is 35.5. The van der Waals surface area contributed by atoms with E-state index in [2.05, 4.69) is 0 Å². The van der Waals surface area contributed by atoms with E-state index < -0.39 is 23.4 Å². The quantitative estimate of drug-likeness (QED) is 0.733. The number of carbonyl (C=O) groups excluding carboxylic acids is 3. The number of carbonyl (C=O) groups is 3. The van der Waals surface area contributed by atoms with Crippen LogP contribution in [0.3, 0.4) is 0 Å². The molecule has 2 aromatic rings. The summed E-state index contributed by atoms with van der Waals surface area (Å²) < 4.78 is 0. The fourth-order valence-electron chi connectivity index (χ4n) is 3.26. The Hall–Kier alpha value is -2.37. The standard InChI is InChI=1S/C19H16Cl2N2O3/c1-12(24)23-18(26)22(16-9-14(20)8-15(21)10-16)17(25)19(23,2)11-13-6-4-3-5-7-13/h3-10H,11H2,1-2H3. The molecule has 1 saturated heterocycles. The van der Waals surface area contributed by atoms with Gasteiger partial charge in [0, 0.05) is 23.4 Å². The van der Waals surface area contributed by atoms with Gasteiger partial charge in [0.15, 0.2) is 0 Å². The van der Waals surface area contributed by atoms with E-state index in [9.17, 15) is 14.4 Å². The minimum atomic E-state index is -1.33. The molecular weight excluding hydrogens is 375 g/mol. The normalized spacial score (nSPS) is 20.0. The van der Waals surface area contributed by atoms with Crippen molar-refractivity contribution in [1.82, 2.24) is 4.90 Å². The molecule has 0 N–H and O–H groups in total. The number of nitrogens with zero attached hydrogens (tertiary/aromatic N) is 2. The van der Waals surface area contributed by atoms with E-state index >= 15 is 0 Å². The molecule has 2 aromatic carbocycles. The van der Waals surface area contributed by atoms with Gasteiger partial charge in [0.1, 0.15) is 5.54 Å². The van der Waals surface area contributed by atoms with Crippen molar-refractivity contribution in [3.63, 3.8) is 0 Å². The van der Waals surface area contributed by atoms with Crippen LogP contribution in [0.1, 0.15) is 19.4 Å². The van der Waals surface area contributed by atoms with E-state index in [1.54, 1.807) is 6.92 Å². The number of halogens is 2. The molecule has 4 amide bonds. The molecule has 1 unspecified atom stereocenters. The van der Waals surface area contributed by atoms with Crippen LogP contribution < -0.4 is 4.90 Å². The highest BCUT2D eigenvalue weighted by Crippen LogP contribution is 2.36. The van der Waals surface area contributed by atoms with Gasteiger partial charge in [0.05, 0.1) is 5.69 Å². The van der Waals surface area contributed by atoms with Crippen LogP contribution in [0.2, 0.25) is 10.0 Å². The van der Waals surface area contributed by atoms with Crippen LogP contribution in [0.4, 0.5) is 10.5 Å². The number of hydrogen-bond donors (Lipinski definition) is 0. The first-order valence-electron chi connectivity index (χ1n) is 7.93. The fraction of sp³-hybridized carbons (Fsp3) is 0.211. The van der Waals surface area contributed by atoms with E-state index in [4.69, 9.17) is 23.2 Å². The van der Waals surface area contributed by atoms with E-state index in [1.807, 2.05) is 30.3 Å². The average Bonchev–Trinajstić information content (AvgIpc) is 2.73. The van der Waals surface area contributed by atoms with E-state index in [0.29, 0.717) is 10.0 Å². The zero-order valence-electron chi connectivity index (χ0n) is 14.2. The van der Waals surface area contributed by atoms with Gasteiger partial charge >= 0.3 is 6.03 Å². The summed E-state index contributed by atoms with van der Waals surface area (Å²) in [5.74, 6) is -1.00. The molecular formula is C19H16Cl2N2O3. The number of amides is 4. The maximum absolute atomic E-state index is 13.2. The summed E-state index contributed by atoms with van der Waals surface area (Å²) >= 11 is 12.0. The van der Waals surface area contributed by atoms with Crippen molar-refractivity contribution in [2.24, 2.45) is 0 Å². The van der Waals surface area contributed by atoms with Crippen molar-refractivity contribution in [1.29, 1.82) is 0 Å². The fourth-order valence-corrected chi connectivity index (χ4v) is 3.78. The minimum Gasteiger partial charge on any atom is -0.275 e. The number of anilines is 1. The Kier molecular flexibility index (Phi) is 4.78. The number of urea groups is 1. The molecule has 0 bridgehead atoms. The second kappa shape index (κ2) is 6.74. The molecule has 3 rings (SSSR count). The summed E-state index contributed by atoms with van der Waals surface area (Å²) in [7, 11) is 0. The predicted octanol–water partition coefficient (Wildman–Crippen LogP) is 4.31. The van der Waals surface area contributed by atoms with Crippen LogP contribution in [0.15, 0.2) is 48.5 Å². The molecule has 0 aliphatic carbocycles. The first-order chi connectivity index (χ1) is 12.2. The van der Waals surface area contributed by atoms with E-state index in [-0.39, 0.29) is 12.1 Å². The molecule has 0 saturated carbocycles. The lowest BCUT2D eigenvalue weighted by Gasteiger charge is -2.29. The van der Waals surface area contributed by atoms with Crippen molar-refractivity contribution in [2.45, 2.75) is 25.8 Å². The van der Waals surface area contributed by atoms with Crippen LogP contribution in [0.25, 0.3) is 0 Å². The van der Waals surface area contributed by atoms with Crippen LogP contribution in [-0.4, -0.2) is 28.3 Å². The Morgan fingerprint density at radius 1 is 1.04 bits per heavy atom. The van der Waals surface area contributed by atoms with E-state index in [1.165, 1.54) is 25.1 Å². The molecule has 1 aliphatic rings. The third-order valence-electron chi connectivity index (χ3n) is 4.35. The zero-order valence-corrected chi connectivity index (χ0v) is 15.7. The third kappa shape index (κ3) is 3.08. The molecule has 134 valence electrons. The molecule has 1 fully saturated rings. The lowest BCUT2D eigenvalue weighted by Crippen LogP contribution is -2.51. The van der Waals surface area contributed by atoms with Crippen LogP contribution in [0, 0.1) is 0 Å². The number of benzene rings is 2. The summed E-state index contributed by atoms with van der Waals surface area (Å²) in [6, 6.07) is 13.0. The third-order valence-corrected chi connectivity index (χ3v) is 4.79. The summed E-state index contributed by atoms with van der Waals surface area (Å²) in [4.78, 5) is 40.3. The van der Waals surface area contributed by atoms with Crippen molar-refractivity contribution in [3.05, 3.63) is 64.1 Å². The Morgan fingerprint density at radius 2 is 1.62 bits per heavy atom. The molecule has 1 heterocycles. The van der Waals surface area contributed by atoms with Gasteiger partial charge in [-0.2, -0.15) is 0 Å². The van der Waals surface area contributed by atoms with Crippen LogP contribution >= 0.6 is 23.2 Å². The average molecular weight is 391 g/mol. The molecule has 1 atom stereocenters. The molecule has 0 aromatic heterocycles. The highest BCUT2D eigenvalue weighted by Gasteiger charge is 2.56. The lowest BCUT2D eigenvalue weighted by atomic mass is 9.91. The predicted molar refractivity (Wildman–Crippen MR) is 100 cm³/mol. The summed E-state index contributed by atoms with van der Waals surface area (Å²) in [6.45, 7) is 2.86. The first-order valence-corrected chi connectivity index (χ1v) is 8.69. The monoisotopic (exact) mass is 390 g/mol. The van der Waals surface area contributed by atoms with Gasteiger partial charge in [-0.25, -0.2) is 14.6 Å². The second-order valence-electron chi connectivity index (χ2n) is 6.34.